The molecular formula is C27H35N3O4S. The van der Waals surface area contributed by atoms with Crippen LogP contribution in [0.15, 0.2) is 24.3 Å². The van der Waals surface area contributed by atoms with E-state index in [2.05, 4.69) is 22.1 Å². The fourth-order valence-corrected chi connectivity index (χ4v) is 5.10. The van der Waals surface area contributed by atoms with Crippen molar-refractivity contribution in [3.8, 4) is 17.7 Å². The molecule has 0 bridgehead atoms. The van der Waals surface area contributed by atoms with Gasteiger partial charge in [-0.05, 0) is 58.6 Å². The molecule has 1 aliphatic heterocycles. The highest BCUT2D eigenvalue weighted by atomic mass is 32.1. The lowest BCUT2D eigenvalue weighted by Crippen LogP contribution is -2.36. The Balaban J connectivity index is 1.31. The van der Waals surface area contributed by atoms with E-state index in [9.17, 15) is 9.90 Å². The monoisotopic (exact) mass is 497 g/mol. The summed E-state index contributed by atoms with van der Waals surface area (Å²) in [6.45, 7) is 10.4. The molecule has 2 aromatic rings. The SMILES string of the molecule is CC(C)(C)C#Cc1cc(N[C@H]2CC[C@H](Oc3cccc(CN4CCOCC4)n3)CC2)c(C(=O)O)s1. The molecule has 188 valence electrons. The molecule has 1 saturated heterocycles. The van der Waals surface area contributed by atoms with E-state index in [1.165, 1.54) is 11.3 Å². The van der Waals surface area contributed by atoms with Gasteiger partial charge >= 0.3 is 5.97 Å². The second-order valence-electron chi connectivity index (χ2n) is 10.3. The standard InChI is InChI=1S/C27H35N3O4S/c1-27(2,3)12-11-22-17-23(25(35-22)26(31)32)28-19-7-9-21(10-8-19)34-24-6-4-5-20(29-24)18-30-13-15-33-16-14-30/h4-6,17,19,21,28H,7-10,13-16,18H2,1-3H3,(H,31,32)/t19-,21-. The van der Waals surface area contributed by atoms with E-state index in [0.717, 1.165) is 69.1 Å². The minimum Gasteiger partial charge on any atom is -0.477 e. The lowest BCUT2D eigenvalue weighted by Gasteiger charge is -2.30. The van der Waals surface area contributed by atoms with Gasteiger partial charge in [0.1, 0.15) is 11.0 Å². The van der Waals surface area contributed by atoms with E-state index >= 15 is 0 Å². The minimum atomic E-state index is -0.915. The highest BCUT2D eigenvalue weighted by molar-refractivity contribution is 7.15. The Kier molecular flexibility index (Phi) is 8.32. The van der Waals surface area contributed by atoms with E-state index in [4.69, 9.17) is 14.5 Å². The quantitative estimate of drug-likeness (QED) is 0.528. The molecule has 0 unspecified atom stereocenters. The zero-order chi connectivity index (χ0) is 24.8. The van der Waals surface area contributed by atoms with Crippen molar-refractivity contribution in [2.45, 2.75) is 65.1 Å². The maximum absolute atomic E-state index is 11.8. The van der Waals surface area contributed by atoms with Gasteiger partial charge in [-0.3, -0.25) is 4.90 Å². The van der Waals surface area contributed by atoms with Crippen LogP contribution in [0, 0.1) is 17.3 Å². The van der Waals surface area contributed by atoms with Gasteiger partial charge in [0, 0.05) is 37.2 Å². The Bertz CT molecular complexity index is 1070. The van der Waals surface area contributed by atoms with Crippen LogP contribution in [-0.4, -0.2) is 59.4 Å². The molecule has 3 heterocycles. The number of pyridine rings is 1. The number of rotatable bonds is 7. The van der Waals surface area contributed by atoms with Gasteiger partial charge in [0.15, 0.2) is 0 Å². The Morgan fingerprint density at radius 1 is 1.26 bits per heavy atom. The van der Waals surface area contributed by atoms with Crippen molar-refractivity contribution < 1.29 is 19.4 Å². The molecule has 2 fully saturated rings. The third-order valence-electron chi connectivity index (χ3n) is 6.08. The predicted molar refractivity (Wildman–Crippen MR) is 138 cm³/mol. The first kappa shape index (κ1) is 25.5. The second-order valence-corrected chi connectivity index (χ2v) is 11.3. The molecular weight excluding hydrogens is 462 g/mol. The molecule has 35 heavy (non-hydrogen) atoms. The Labute approximate surface area is 211 Å². The third-order valence-corrected chi connectivity index (χ3v) is 7.12. The van der Waals surface area contributed by atoms with E-state index in [0.29, 0.717) is 16.4 Å². The number of anilines is 1. The van der Waals surface area contributed by atoms with Crippen LogP contribution in [0.1, 0.15) is 66.7 Å². The first-order valence-corrected chi connectivity index (χ1v) is 13.2. The van der Waals surface area contributed by atoms with Crippen molar-refractivity contribution in [2.24, 2.45) is 5.41 Å². The summed E-state index contributed by atoms with van der Waals surface area (Å²) >= 11 is 1.23. The molecule has 1 saturated carbocycles. The molecule has 4 rings (SSSR count). The summed E-state index contributed by atoms with van der Waals surface area (Å²) in [7, 11) is 0. The number of nitrogens with one attached hydrogen (secondary N) is 1. The van der Waals surface area contributed by atoms with Crippen LogP contribution in [0.4, 0.5) is 5.69 Å². The number of ether oxygens (including phenoxy) is 2. The number of aromatic nitrogens is 1. The maximum Gasteiger partial charge on any atom is 0.348 e. The average molecular weight is 498 g/mol. The number of carboxylic acids is 1. The molecule has 1 aliphatic carbocycles. The van der Waals surface area contributed by atoms with Gasteiger partial charge in [0.05, 0.1) is 29.5 Å². The molecule has 2 aromatic heterocycles. The van der Waals surface area contributed by atoms with E-state index in [1.54, 1.807) is 0 Å². The number of nitrogens with zero attached hydrogens (tertiary/aromatic N) is 2. The summed E-state index contributed by atoms with van der Waals surface area (Å²) in [6.07, 6.45) is 3.74. The maximum atomic E-state index is 11.8. The summed E-state index contributed by atoms with van der Waals surface area (Å²) in [6, 6.07) is 8.07. The summed E-state index contributed by atoms with van der Waals surface area (Å²) in [4.78, 5) is 19.9. The van der Waals surface area contributed by atoms with E-state index in [1.807, 2.05) is 45.0 Å². The number of carboxylic acid groups (broad SMARTS) is 1. The van der Waals surface area contributed by atoms with Crippen molar-refractivity contribution in [3.05, 3.63) is 39.7 Å². The van der Waals surface area contributed by atoms with Crippen molar-refractivity contribution in [2.75, 3.05) is 31.6 Å². The van der Waals surface area contributed by atoms with Crippen LogP contribution >= 0.6 is 11.3 Å². The van der Waals surface area contributed by atoms with Gasteiger partial charge in [-0.2, -0.15) is 0 Å². The first-order chi connectivity index (χ1) is 16.7. The van der Waals surface area contributed by atoms with Crippen LogP contribution in [0.25, 0.3) is 0 Å². The summed E-state index contributed by atoms with van der Waals surface area (Å²) in [5.74, 6) is 6.08. The van der Waals surface area contributed by atoms with Crippen molar-refractivity contribution in [3.63, 3.8) is 0 Å². The third kappa shape index (κ3) is 7.69. The van der Waals surface area contributed by atoms with E-state index in [-0.39, 0.29) is 17.6 Å². The van der Waals surface area contributed by atoms with Crippen LogP contribution < -0.4 is 10.1 Å². The molecule has 0 spiro atoms. The zero-order valence-corrected chi connectivity index (χ0v) is 21.6. The van der Waals surface area contributed by atoms with Crippen molar-refractivity contribution in [1.82, 2.24) is 9.88 Å². The molecule has 0 atom stereocenters. The molecule has 8 heteroatoms. The van der Waals surface area contributed by atoms with Gasteiger partial charge in [-0.1, -0.05) is 17.9 Å². The molecule has 7 nitrogen and oxygen atoms in total. The molecule has 0 amide bonds. The fourth-order valence-electron chi connectivity index (χ4n) is 4.28. The largest absolute Gasteiger partial charge is 0.477 e. The number of hydrogen-bond donors (Lipinski definition) is 2. The zero-order valence-electron chi connectivity index (χ0n) is 20.8. The summed E-state index contributed by atoms with van der Waals surface area (Å²) < 4.78 is 11.6. The number of morpholine rings is 1. The number of thiophene rings is 1. The highest BCUT2D eigenvalue weighted by Gasteiger charge is 2.25. The van der Waals surface area contributed by atoms with Crippen LogP contribution in [0.3, 0.4) is 0 Å². The lowest BCUT2D eigenvalue weighted by molar-refractivity contribution is 0.0335. The smallest absolute Gasteiger partial charge is 0.348 e. The Morgan fingerprint density at radius 2 is 2.00 bits per heavy atom. The van der Waals surface area contributed by atoms with Crippen LogP contribution in [0.2, 0.25) is 0 Å². The fraction of sp³-hybridized carbons (Fsp3) is 0.556. The molecule has 2 N–H and O–H groups in total. The number of carbonyl (C=O) groups is 1. The summed E-state index contributed by atoms with van der Waals surface area (Å²) in [5, 5.41) is 13.1. The average Bonchev–Trinajstić information content (AvgIpc) is 3.23. The highest BCUT2D eigenvalue weighted by Crippen LogP contribution is 2.31. The Morgan fingerprint density at radius 3 is 2.69 bits per heavy atom. The topological polar surface area (TPSA) is 83.9 Å². The second kappa shape index (κ2) is 11.4. The van der Waals surface area contributed by atoms with Crippen LogP contribution in [-0.2, 0) is 11.3 Å². The Hall–Kier alpha value is -2.60. The normalized spacial score (nSPS) is 21.1. The van der Waals surface area contributed by atoms with Crippen molar-refractivity contribution in [1.29, 1.82) is 0 Å². The number of aromatic carboxylic acids is 1. The van der Waals surface area contributed by atoms with E-state index < -0.39 is 5.97 Å². The van der Waals surface area contributed by atoms with Gasteiger partial charge < -0.3 is 19.9 Å². The predicted octanol–water partition coefficient (Wildman–Crippen LogP) is 4.87. The molecule has 2 aliphatic rings. The number of hydrogen-bond acceptors (Lipinski definition) is 7. The minimum absolute atomic E-state index is 0.119. The summed E-state index contributed by atoms with van der Waals surface area (Å²) in [5.41, 5.74) is 1.56. The van der Waals surface area contributed by atoms with Gasteiger partial charge in [-0.25, -0.2) is 9.78 Å². The first-order valence-electron chi connectivity index (χ1n) is 12.3. The van der Waals surface area contributed by atoms with Gasteiger partial charge in [0.2, 0.25) is 5.88 Å². The molecule has 0 radical (unpaired) electrons. The lowest BCUT2D eigenvalue weighted by atomic mass is 9.92. The van der Waals surface area contributed by atoms with Gasteiger partial charge in [0.25, 0.3) is 0 Å². The van der Waals surface area contributed by atoms with Crippen LogP contribution in [0.5, 0.6) is 5.88 Å². The van der Waals surface area contributed by atoms with Gasteiger partial charge in [-0.15, -0.1) is 11.3 Å². The molecule has 0 aromatic carbocycles. The van der Waals surface area contributed by atoms with Crippen molar-refractivity contribution >= 4 is 23.0 Å².